The smallest absolute Gasteiger partial charge is 0.109 e. The standard InChI is InChI=1S/2C21H25.2C19H22.2C5H5.2ClH.2Zr/c2*1-20(2,3)16-9-7-14-11-15-8-10-17(21(4,5)6)13-19(15)18(14)12-16;2*1-14(2)18-9-5-16(6-10-18)13-17-7-11-19(12-8-17)15(3)4;2*1-2-4-5-3-1;;;;/h2*7,9-10,12-13H,11H2,1-6H3;2*5-12,14-15H,1-4H3;2*1-3H,4H2;2*1H;;/q2*-1;;;2*-1;;;2*+2/p-2. The molecule has 8 aromatic rings. The third kappa shape index (κ3) is 22.4. The minimum absolute atomic E-state index is 0. The van der Waals surface area contributed by atoms with E-state index in [0.717, 1.165) is 25.7 Å². The number of halogens is 2. The van der Waals surface area contributed by atoms with Gasteiger partial charge in [0.25, 0.3) is 0 Å². The molecule has 0 saturated carbocycles. The molecule has 0 unspecified atom stereocenters. The summed E-state index contributed by atoms with van der Waals surface area (Å²) >= 11 is 2.94. The zero-order chi connectivity index (χ0) is 67.3. The van der Waals surface area contributed by atoms with Gasteiger partial charge in [-0.1, -0.05) is 153 Å². The van der Waals surface area contributed by atoms with Gasteiger partial charge in [-0.15, -0.1) is 24.0 Å². The third-order valence-corrected chi connectivity index (χ3v) is 20.5. The fraction of sp³-hybridized carbons (Fsp3) is 0.356. The molecule has 0 spiro atoms. The Morgan fingerprint density at radius 3 is 0.798 bits per heavy atom. The van der Waals surface area contributed by atoms with Gasteiger partial charge in [-0.2, -0.15) is 70.8 Å². The molecule has 0 amide bonds. The molecule has 0 aromatic heterocycles. The summed E-state index contributed by atoms with van der Waals surface area (Å²) < 4.78 is 2.87. The first-order valence-corrected chi connectivity index (χ1v) is 36.2. The molecule has 0 aliphatic heterocycles. The summed E-state index contributed by atoms with van der Waals surface area (Å²) in [6.07, 6.45) is 22.1. The Kier molecular flexibility index (Phi) is 29.9. The number of allylic oxidation sites excluding steroid dienone is 8. The molecule has 0 bridgehead atoms. The van der Waals surface area contributed by atoms with Crippen molar-refractivity contribution >= 4 is 6.41 Å². The van der Waals surface area contributed by atoms with Crippen LogP contribution in [0.3, 0.4) is 0 Å². The Labute approximate surface area is 613 Å². The largest absolute Gasteiger partial charge is 1.00 e. The van der Waals surface area contributed by atoms with Gasteiger partial charge < -0.3 is 24.8 Å². The van der Waals surface area contributed by atoms with Crippen LogP contribution in [0.25, 0.3) is 22.3 Å². The van der Waals surface area contributed by atoms with Crippen LogP contribution in [-0.4, -0.2) is 6.41 Å². The maximum atomic E-state index is 3.53. The van der Waals surface area contributed by atoms with Crippen LogP contribution in [-0.2, 0) is 83.0 Å². The fourth-order valence-electron chi connectivity index (χ4n) is 11.1. The number of hydrogen-bond donors (Lipinski definition) is 0. The Balaban J connectivity index is 0.000000214. The van der Waals surface area contributed by atoms with E-state index in [1.54, 1.807) is 0 Å². The zero-order valence-corrected chi connectivity index (χ0v) is 66.8. The second-order valence-electron chi connectivity index (χ2n) is 30.5. The fourth-order valence-corrected chi connectivity index (χ4v) is 12.8. The second-order valence-corrected chi connectivity index (χ2v) is 33.0. The van der Waals surface area contributed by atoms with Gasteiger partial charge in [0.05, 0.1) is 0 Å². The van der Waals surface area contributed by atoms with Crippen LogP contribution in [0.2, 0.25) is 0 Å². The van der Waals surface area contributed by atoms with E-state index in [2.05, 4.69) is 333 Å². The van der Waals surface area contributed by atoms with Crippen molar-refractivity contribution in [3.05, 3.63) is 307 Å². The third-order valence-electron chi connectivity index (χ3n) is 17.7. The average Bonchev–Trinajstić information content (AvgIpc) is 1.62. The SMILES string of the molecule is CC(C)(C)c1c[c-]c2c(c1)-c1cc(C(C)(C)C)ccc1C2.CC(C)(C)c1c[c-]c2c(c1)-c1cc(C(C)(C)C)ccc1C2.CC(C)c1ccc([C](=[Zr+2])c2ccc(C(C)C)cc2)cc1.CC(C)c1ccc([C](=[Zr+2])c2ccc(C(C)C)cc2)cc1.[C-]1=CC=CC1.[C-]1=CC=CC1.[Cl-].[Cl-]. The average molecular weight is 1440 g/mol. The predicted molar refractivity (Wildman–Crippen MR) is 394 cm³/mol. The molecule has 0 N–H and O–H groups in total. The van der Waals surface area contributed by atoms with Crippen molar-refractivity contribution in [1.82, 2.24) is 0 Å². The first-order valence-electron chi connectivity index (χ1n) is 33.7. The Morgan fingerprint density at radius 1 is 0.340 bits per heavy atom. The predicted octanol–water partition coefficient (Wildman–Crippen LogP) is 18.0. The number of hydrogen-bond acceptors (Lipinski definition) is 0. The Morgan fingerprint density at radius 2 is 0.596 bits per heavy atom. The van der Waals surface area contributed by atoms with E-state index in [1.807, 2.05) is 24.3 Å². The number of rotatable bonds is 8. The maximum Gasteiger partial charge on any atom is -0.109 e. The van der Waals surface area contributed by atoms with Crippen molar-refractivity contribution in [1.29, 1.82) is 0 Å². The molecule has 8 aromatic carbocycles. The van der Waals surface area contributed by atoms with E-state index < -0.39 is 0 Å². The zero-order valence-electron chi connectivity index (χ0n) is 60.4. The van der Waals surface area contributed by atoms with Crippen LogP contribution in [0.15, 0.2) is 194 Å². The quantitative estimate of drug-likeness (QED) is 0.133. The molecule has 4 heteroatoms. The number of benzene rings is 8. The summed E-state index contributed by atoms with van der Waals surface area (Å²) in [5, 5.41) is 0. The minimum atomic E-state index is 0. The van der Waals surface area contributed by atoms with Gasteiger partial charge >= 0.3 is 276 Å². The van der Waals surface area contributed by atoms with Gasteiger partial charge in [-0.25, -0.2) is 24.3 Å². The maximum absolute atomic E-state index is 3.53. The van der Waals surface area contributed by atoms with Crippen molar-refractivity contribution < 1.29 is 73.3 Å². The molecular weight excluding hydrogens is 1330 g/mol. The van der Waals surface area contributed by atoms with Gasteiger partial charge in [-0.05, 0) is 34.8 Å². The van der Waals surface area contributed by atoms with Gasteiger partial charge in [0.15, 0.2) is 0 Å². The second kappa shape index (κ2) is 35.4. The summed E-state index contributed by atoms with van der Waals surface area (Å²) in [5.74, 6) is 2.40. The normalized spacial score (nSPS) is 12.9. The molecule has 4 aliphatic rings. The first-order chi connectivity index (χ1) is 43.3. The van der Waals surface area contributed by atoms with E-state index in [1.165, 1.54) is 166 Å². The van der Waals surface area contributed by atoms with Crippen molar-refractivity contribution in [2.24, 2.45) is 0 Å². The molecule has 0 nitrogen and oxygen atoms in total. The van der Waals surface area contributed by atoms with Gasteiger partial charge in [-0.3, -0.25) is 12.2 Å². The molecule has 488 valence electrons. The molecule has 0 atom stereocenters. The molecular formula is C90H104Cl2Zr2-2. The topological polar surface area (TPSA) is 0 Å². The van der Waals surface area contributed by atoms with Crippen molar-refractivity contribution in [3.8, 4) is 22.3 Å². The molecule has 94 heavy (non-hydrogen) atoms. The van der Waals surface area contributed by atoms with E-state index in [9.17, 15) is 0 Å². The molecule has 4 aliphatic carbocycles. The molecule has 0 heterocycles. The van der Waals surface area contributed by atoms with E-state index in [0.29, 0.717) is 23.7 Å². The summed E-state index contributed by atoms with van der Waals surface area (Å²) in [6, 6.07) is 66.3. The van der Waals surface area contributed by atoms with E-state index in [4.69, 9.17) is 0 Å². The summed E-state index contributed by atoms with van der Waals surface area (Å²) in [4.78, 5) is 0. The number of fused-ring (bicyclic) bond motifs is 6. The Bertz CT molecular complexity index is 3380. The molecule has 0 saturated heterocycles. The minimum Gasteiger partial charge on any atom is -1.00 e. The van der Waals surface area contributed by atoms with Crippen LogP contribution in [0.5, 0.6) is 0 Å². The van der Waals surface area contributed by atoms with Crippen LogP contribution in [0.4, 0.5) is 0 Å². The van der Waals surface area contributed by atoms with Crippen LogP contribution in [0.1, 0.15) is 264 Å². The Hall–Kier alpha value is -5.19. The molecule has 12 rings (SSSR count). The van der Waals surface area contributed by atoms with Crippen molar-refractivity contribution in [2.45, 2.75) is 209 Å². The van der Waals surface area contributed by atoms with Crippen molar-refractivity contribution in [2.75, 3.05) is 0 Å². The van der Waals surface area contributed by atoms with Gasteiger partial charge in [0.1, 0.15) is 0 Å². The van der Waals surface area contributed by atoms with Crippen molar-refractivity contribution in [3.63, 3.8) is 0 Å². The van der Waals surface area contributed by atoms with Gasteiger partial charge in [0, 0.05) is 0 Å². The molecule has 0 radical (unpaired) electrons. The first kappa shape index (κ1) is 79.5. The molecule has 0 fully saturated rings. The summed E-state index contributed by atoms with van der Waals surface area (Å²) in [5.41, 5.74) is 28.6. The van der Waals surface area contributed by atoms with Crippen LogP contribution < -0.4 is 24.8 Å². The van der Waals surface area contributed by atoms with E-state index >= 15 is 0 Å². The van der Waals surface area contributed by atoms with Gasteiger partial charge in [0.2, 0.25) is 0 Å². The summed E-state index contributed by atoms with van der Waals surface area (Å²) in [7, 11) is 0. The van der Waals surface area contributed by atoms with Crippen LogP contribution in [0, 0.1) is 24.3 Å². The monoisotopic (exact) mass is 1430 g/mol. The summed E-state index contributed by atoms with van der Waals surface area (Å²) in [6.45, 7) is 45.2. The van der Waals surface area contributed by atoms with Crippen LogP contribution >= 0.6 is 0 Å². The van der Waals surface area contributed by atoms with E-state index in [-0.39, 0.29) is 46.5 Å².